The molecular formula is C13H27NO. The maximum absolute atomic E-state index is 5.10. The van der Waals surface area contributed by atoms with Gasteiger partial charge in [-0.05, 0) is 38.0 Å². The van der Waals surface area contributed by atoms with E-state index >= 15 is 0 Å². The average molecular weight is 213 g/mol. The second-order valence-electron chi connectivity index (χ2n) is 5.12. The van der Waals surface area contributed by atoms with E-state index in [1.807, 2.05) is 0 Å². The number of nitrogens with one attached hydrogen (secondary N) is 1. The summed E-state index contributed by atoms with van der Waals surface area (Å²) in [5.74, 6) is 0. The molecule has 2 heteroatoms. The third-order valence-electron chi connectivity index (χ3n) is 3.99. The Balaban J connectivity index is 2.21. The monoisotopic (exact) mass is 213 g/mol. The van der Waals surface area contributed by atoms with E-state index in [1.165, 1.54) is 38.6 Å². The van der Waals surface area contributed by atoms with Crippen LogP contribution in [0.15, 0.2) is 0 Å². The van der Waals surface area contributed by atoms with Crippen molar-refractivity contribution in [2.45, 2.75) is 58.4 Å². The number of hydrogen-bond donors (Lipinski definition) is 1. The fourth-order valence-corrected chi connectivity index (χ4v) is 2.57. The van der Waals surface area contributed by atoms with Gasteiger partial charge in [-0.15, -0.1) is 0 Å². The maximum atomic E-state index is 5.10. The van der Waals surface area contributed by atoms with Crippen molar-refractivity contribution in [3.8, 4) is 0 Å². The summed E-state index contributed by atoms with van der Waals surface area (Å²) in [6.07, 6.45) is 8.16. The van der Waals surface area contributed by atoms with Crippen LogP contribution >= 0.6 is 0 Å². The predicted octanol–water partition coefficient (Wildman–Crippen LogP) is 2.97. The minimum absolute atomic E-state index is 0.592. The van der Waals surface area contributed by atoms with Crippen LogP contribution in [0, 0.1) is 5.41 Å². The van der Waals surface area contributed by atoms with Crippen molar-refractivity contribution in [3.63, 3.8) is 0 Å². The van der Waals surface area contributed by atoms with Crippen LogP contribution in [0.3, 0.4) is 0 Å². The molecule has 0 amide bonds. The third-order valence-corrected chi connectivity index (χ3v) is 3.99. The van der Waals surface area contributed by atoms with E-state index in [9.17, 15) is 0 Å². The zero-order chi connectivity index (χ0) is 11.1. The van der Waals surface area contributed by atoms with Crippen LogP contribution in [0.1, 0.15) is 52.4 Å². The van der Waals surface area contributed by atoms with Gasteiger partial charge in [0, 0.05) is 26.3 Å². The van der Waals surface area contributed by atoms with Crippen LogP contribution in [0.4, 0.5) is 0 Å². The number of ether oxygens (including phenoxy) is 1. The molecule has 90 valence electrons. The minimum Gasteiger partial charge on any atom is -0.385 e. The van der Waals surface area contributed by atoms with Crippen LogP contribution in [0.2, 0.25) is 0 Å². The second kappa shape index (κ2) is 6.49. The van der Waals surface area contributed by atoms with Crippen LogP contribution in [-0.4, -0.2) is 26.3 Å². The molecule has 0 radical (unpaired) electrons. The summed E-state index contributed by atoms with van der Waals surface area (Å²) < 4.78 is 5.10. The van der Waals surface area contributed by atoms with Crippen LogP contribution in [0.25, 0.3) is 0 Å². The van der Waals surface area contributed by atoms with Crippen molar-refractivity contribution in [1.82, 2.24) is 5.32 Å². The van der Waals surface area contributed by atoms with Crippen molar-refractivity contribution < 1.29 is 4.74 Å². The van der Waals surface area contributed by atoms with Crippen molar-refractivity contribution in [2.75, 3.05) is 20.3 Å². The van der Waals surface area contributed by atoms with Crippen molar-refractivity contribution in [3.05, 3.63) is 0 Å². The Morgan fingerprint density at radius 1 is 1.33 bits per heavy atom. The smallest absolute Gasteiger partial charge is 0.0476 e. The zero-order valence-electron chi connectivity index (χ0n) is 10.6. The molecule has 1 aliphatic carbocycles. The molecular weight excluding hydrogens is 186 g/mol. The van der Waals surface area contributed by atoms with Gasteiger partial charge in [0.2, 0.25) is 0 Å². The van der Waals surface area contributed by atoms with Crippen LogP contribution < -0.4 is 5.32 Å². The SMILES string of the molecule is CCC1(CNC(C)CCOC)CCCC1. The number of hydrogen-bond acceptors (Lipinski definition) is 2. The molecule has 0 aromatic heterocycles. The quantitative estimate of drug-likeness (QED) is 0.702. The summed E-state index contributed by atoms with van der Waals surface area (Å²) in [6.45, 7) is 6.67. The summed E-state index contributed by atoms with van der Waals surface area (Å²) in [4.78, 5) is 0. The summed E-state index contributed by atoms with van der Waals surface area (Å²) >= 11 is 0. The molecule has 1 unspecified atom stereocenters. The van der Waals surface area contributed by atoms with Crippen molar-refractivity contribution in [1.29, 1.82) is 0 Å². The summed E-state index contributed by atoms with van der Waals surface area (Å²) in [7, 11) is 1.78. The summed E-state index contributed by atoms with van der Waals surface area (Å²) in [5.41, 5.74) is 0.612. The largest absolute Gasteiger partial charge is 0.385 e. The number of rotatable bonds is 7. The highest BCUT2D eigenvalue weighted by molar-refractivity contribution is 4.86. The lowest BCUT2D eigenvalue weighted by molar-refractivity contribution is 0.178. The predicted molar refractivity (Wildman–Crippen MR) is 65.1 cm³/mol. The topological polar surface area (TPSA) is 21.3 Å². The molecule has 0 bridgehead atoms. The first-order valence-corrected chi connectivity index (χ1v) is 6.45. The normalized spacial score (nSPS) is 21.8. The highest BCUT2D eigenvalue weighted by Gasteiger charge is 2.31. The first-order chi connectivity index (χ1) is 7.22. The van der Waals surface area contributed by atoms with E-state index in [0.29, 0.717) is 11.5 Å². The van der Waals surface area contributed by atoms with E-state index in [4.69, 9.17) is 4.74 Å². The molecule has 15 heavy (non-hydrogen) atoms. The molecule has 1 saturated carbocycles. The van der Waals surface area contributed by atoms with Gasteiger partial charge in [-0.2, -0.15) is 0 Å². The van der Waals surface area contributed by atoms with Gasteiger partial charge in [0.05, 0.1) is 0 Å². The summed E-state index contributed by atoms with van der Waals surface area (Å²) in [5, 5.41) is 3.67. The zero-order valence-corrected chi connectivity index (χ0v) is 10.6. The van der Waals surface area contributed by atoms with Crippen molar-refractivity contribution >= 4 is 0 Å². The Morgan fingerprint density at radius 3 is 2.53 bits per heavy atom. The highest BCUT2D eigenvalue weighted by atomic mass is 16.5. The molecule has 1 atom stereocenters. The van der Waals surface area contributed by atoms with E-state index in [-0.39, 0.29) is 0 Å². The molecule has 1 aliphatic rings. The first kappa shape index (κ1) is 13.0. The molecule has 0 saturated heterocycles. The maximum Gasteiger partial charge on any atom is 0.0476 e. The van der Waals surface area contributed by atoms with Crippen molar-refractivity contribution in [2.24, 2.45) is 5.41 Å². The van der Waals surface area contributed by atoms with Gasteiger partial charge < -0.3 is 10.1 Å². The van der Waals surface area contributed by atoms with Gasteiger partial charge in [-0.25, -0.2) is 0 Å². The number of methoxy groups -OCH3 is 1. The molecule has 0 spiro atoms. The highest BCUT2D eigenvalue weighted by Crippen LogP contribution is 2.40. The van der Waals surface area contributed by atoms with Gasteiger partial charge in [-0.1, -0.05) is 19.8 Å². The lowest BCUT2D eigenvalue weighted by Gasteiger charge is -2.29. The van der Waals surface area contributed by atoms with Gasteiger partial charge in [0.15, 0.2) is 0 Å². The standard InChI is InChI=1S/C13H27NO/c1-4-13(8-5-6-9-13)11-14-12(2)7-10-15-3/h12,14H,4-11H2,1-3H3. The fourth-order valence-electron chi connectivity index (χ4n) is 2.57. The van der Waals surface area contributed by atoms with E-state index in [1.54, 1.807) is 7.11 Å². The Labute approximate surface area is 94.8 Å². The Bertz CT molecular complexity index is 164. The Kier molecular flexibility index (Phi) is 5.62. The first-order valence-electron chi connectivity index (χ1n) is 6.45. The molecule has 0 aromatic carbocycles. The molecule has 0 aromatic rings. The van der Waals surface area contributed by atoms with E-state index in [0.717, 1.165) is 13.0 Å². The van der Waals surface area contributed by atoms with Crippen LogP contribution in [-0.2, 0) is 4.74 Å². The minimum atomic E-state index is 0.592. The van der Waals surface area contributed by atoms with Gasteiger partial charge in [0.1, 0.15) is 0 Å². The Morgan fingerprint density at radius 2 is 2.00 bits per heavy atom. The molecule has 1 rings (SSSR count). The lowest BCUT2D eigenvalue weighted by atomic mass is 9.83. The molecule has 1 fully saturated rings. The molecule has 2 nitrogen and oxygen atoms in total. The Hall–Kier alpha value is -0.0800. The third kappa shape index (κ3) is 4.12. The van der Waals surface area contributed by atoms with Gasteiger partial charge in [0.25, 0.3) is 0 Å². The van der Waals surface area contributed by atoms with Gasteiger partial charge in [-0.3, -0.25) is 0 Å². The molecule has 1 N–H and O–H groups in total. The fraction of sp³-hybridized carbons (Fsp3) is 1.00. The molecule has 0 aliphatic heterocycles. The van der Waals surface area contributed by atoms with E-state index < -0.39 is 0 Å². The summed E-state index contributed by atoms with van der Waals surface area (Å²) in [6, 6.07) is 0.592. The van der Waals surface area contributed by atoms with E-state index in [2.05, 4.69) is 19.2 Å². The lowest BCUT2D eigenvalue weighted by Crippen LogP contribution is -2.37. The average Bonchev–Trinajstić information content (AvgIpc) is 2.73. The van der Waals surface area contributed by atoms with Crippen LogP contribution in [0.5, 0.6) is 0 Å². The molecule has 0 heterocycles. The van der Waals surface area contributed by atoms with Gasteiger partial charge >= 0.3 is 0 Å². The second-order valence-corrected chi connectivity index (χ2v) is 5.12.